The number of rotatable bonds is 5. The number of benzene rings is 1. The number of nitrogens with zero attached hydrogens (tertiary/aromatic N) is 1. The lowest BCUT2D eigenvalue weighted by atomic mass is 9.97. The molecule has 88 valence electrons. The summed E-state index contributed by atoms with van der Waals surface area (Å²) in [6, 6.07) is 9.61. The number of unbranched alkanes of at least 4 members (excludes halogenated alkanes) is 1. The lowest BCUT2D eigenvalue weighted by Crippen LogP contribution is -2.12. The standard InChI is InChI=1S/C12H17N3.ClH/c13-8-4-3-7-12(15)11-6-2-1-5-10(11)9-14;/h1-2,5-6,12H,3-4,7-8,13,15H2;1H/t12-;/m1./s1. The van der Waals surface area contributed by atoms with E-state index in [1.807, 2.05) is 18.2 Å². The van der Waals surface area contributed by atoms with E-state index in [2.05, 4.69) is 6.07 Å². The fraction of sp³-hybridized carbons (Fsp3) is 0.417. The number of halogens is 1. The van der Waals surface area contributed by atoms with Gasteiger partial charge in [0.1, 0.15) is 0 Å². The second-order valence-corrected chi connectivity index (χ2v) is 3.59. The molecular formula is C12H18ClN3. The van der Waals surface area contributed by atoms with Crippen LogP contribution >= 0.6 is 12.4 Å². The van der Waals surface area contributed by atoms with Gasteiger partial charge in [-0.15, -0.1) is 12.4 Å². The minimum Gasteiger partial charge on any atom is -0.330 e. The first-order chi connectivity index (χ1) is 7.29. The van der Waals surface area contributed by atoms with Gasteiger partial charge in [-0.1, -0.05) is 24.6 Å². The highest BCUT2D eigenvalue weighted by molar-refractivity contribution is 5.85. The summed E-state index contributed by atoms with van der Waals surface area (Å²) in [7, 11) is 0. The van der Waals surface area contributed by atoms with Crippen molar-refractivity contribution < 1.29 is 0 Å². The molecule has 0 amide bonds. The van der Waals surface area contributed by atoms with Crippen molar-refractivity contribution in [3.05, 3.63) is 35.4 Å². The van der Waals surface area contributed by atoms with Crippen LogP contribution < -0.4 is 11.5 Å². The van der Waals surface area contributed by atoms with Crippen molar-refractivity contribution in [2.45, 2.75) is 25.3 Å². The second-order valence-electron chi connectivity index (χ2n) is 3.59. The highest BCUT2D eigenvalue weighted by Gasteiger charge is 2.09. The number of nitriles is 1. The van der Waals surface area contributed by atoms with Gasteiger partial charge < -0.3 is 11.5 Å². The van der Waals surface area contributed by atoms with Crippen LogP contribution in [0.4, 0.5) is 0 Å². The first kappa shape index (κ1) is 14.9. The van der Waals surface area contributed by atoms with Crippen molar-refractivity contribution >= 4 is 12.4 Å². The predicted molar refractivity (Wildman–Crippen MR) is 68.2 cm³/mol. The van der Waals surface area contributed by atoms with Gasteiger partial charge in [0.2, 0.25) is 0 Å². The zero-order chi connectivity index (χ0) is 11.1. The summed E-state index contributed by atoms with van der Waals surface area (Å²) in [5, 5.41) is 8.91. The molecular weight excluding hydrogens is 222 g/mol. The maximum atomic E-state index is 8.91. The third kappa shape index (κ3) is 4.19. The average molecular weight is 240 g/mol. The van der Waals surface area contributed by atoms with E-state index in [0.29, 0.717) is 12.1 Å². The van der Waals surface area contributed by atoms with Gasteiger partial charge in [0.15, 0.2) is 0 Å². The van der Waals surface area contributed by atoms with E-state index in [1.54, 1.807) is 6.07 Å². The van der Waals surface area contributed by atoms with Crippen LogP contribution in [0.25, 0.3) is 0 Å². The Kier molecular flexibility index (Phi) is 7.57. The molecule has 0 bridgehead atoms. The third-order valence-corrected chi connectivity index (χ3v) is 2.45. The van der Waals surface area contributed by atoms with Crippen molar-refractivity contribution in [2.75, 3.05) is 6.54 Å². The summed E-state index contributed by atoms with van der Waals surface area (Å²) in [5.41, 5.74) is 13.1. The van der Waals surface area contributed by atoms with Crippen molar-refractivity contribution in [2.24, 2.45) is 11.5 Å². The van der Waals surface area contributed by atoms with Gasteiger partial charge in [-0.25, -0.2) is 0 Å². The van der Waals surface area contributed by atoms with E-state index in [-0.39, 0.29) is 18.4 Å². The molecule has 1 atom stereocenters. The van der Waals surface area contributed by atoms with E-state index < -0.39 is 0 Å². The Hall–Kier alpha value is -1.08. The molecule has 0 saturated carbocycles. The molecule has 0 saturated heterocycles. The number of nitrogens with two attached hydrogens (primary N) is 2. The van der Waals surface area contributed by atoms with Gasteiger partial charge in [0, 0.05) is 6.04 Å². The monoisotopic (exact) mass is 239 g/mol. The summed E-state index contributed by atoms with van der Waals surface area (Å²) in [6.45, 7) is 0.701. The van der Waals surface area contributed by atoms with Gasteiger partial charge in [0.25, 0.3) is 0 Å². The Balaban J connectivity index is 0.00000225. The minimum atomic E-state index is -0.0487. The molecule has 0 aliphatic carbocycles. The minimum absolute atomic E-state index is 0. The van der Waals surface area contributed by atoms with Gasteiger partial charge in [-0.3, -0.25) is 0 Å². The van der Waals surface area contributed by atoms with Crippen molar-refractivity contribution in [3.8, 4) is 6.07 Å². The van der Waals surface area contributed by atoms with Gasteiger partial charge in [-0.2, -0.15) is 5.26 Å². The molecule has 0 spiro atoms. The van der Waals surface area contributed by atoms with Gasteiger partial charge >= 0.3 is 0 Å². The van der Waals surface area contributed by atoms with Crippen LogP contribution in [0, 0.1) is 11.3 Å². The molecule has 0 aliphatic rings. The molecule has 0 unspecified atom stereocenters. The molecule has 4 N–H and O–H groups in total. The van der Waals surface area contributed by atoms with Crippen LogP contribution in [0.3, 0.4) is 0 Å². The van der Waals surface area contributed by atoms with E-state index >= 15 is 0 Å². The third-order valence-electron chi connectivity index (χ3n) is 2.45. The molecule has 1 aromatic carbocycles. The molecule has 0 radical (unpaired) electrons. The quantitative estimate of drug-likeness (QED) is 0.773. The maximum Gasteiger partial charge on any atom is 0.0995 e. The molecule has 0 aromatic heterocycles. The van der Waals surface area contributed by atoms with Crippen LogP contribution in [-0.4, -0.2) is 6.54 Å². The van der Waals surface area contributed by atoms with E-state index in [1.165, 1.54) is 0 Å². The Morgan fingerprint density at radius 2 is 1.94 bits per heavy atom. The summed E-state index contributed by atoms with van der Waals surface area (Å²) >= 11 is 0. The summed E-state index contributed by atoms with van der Waals surface area (Å²) in [6.07, 6.45) is 2.88. The first-order valence-electron chi connectivity index (χ1n) is 5.24. The summed E-state index contributed by atoms with van der Waals surface area (Å²) in [5.74, 6) is 0. The Bertz CT molecular complexity index is 346. The molecule has 16 heavy (non-hydrogen) atoms. The maximum absolute atomic E-state index is 8.91. The topological polar surface area (TPSA) is 75.8 Å². The molecule has 0 fully saturated rings. The molecule has 3 nitrogen and oxygen atoms in total. The molecule has 4 heteroatoms. The zero-order valence-corrected chi connectivity index (χ0v) is 10.0. The normalized spacial score (nSPS) is 11.3. The number of hydrogen-bond acceptors (Lipinski definition) is 3. The lowest BCUT2D eigenvalue weighted by Gasteiger charge is -2.12. The van der Waals surface area contributed by atoms with Gasteiger partial charge in [-0.05, 0) is 31.0 Å². The SMILES string of the molecule is Cl.N#Cc1ccccc1[C@H](N)CCCCN. The van der Waals surface area contributed by atoms with E-state index in [9.17, 15) is 0 Å². The zero-order valence-electron chi connectivity index (χ0n) is 9.23. The average Bonchev–Trinajstić information content (AvgIpc) is 2.29. The van der Waals surface area contributed by atoms with E-state index in [4.69, 9.17) is 16.7 Å². The van der Waals surface area contributed by atoms with Crippen LogP contribution in [0.2, 0.25) is 0 Å². The second kappa shape index (κ2) is 8.12. The smallest absolute Gasteiger partial charge is 0.0995 e. The van der Waals surface area contributed by atoms with E-state index in [0.717, 1.165) is 24.8 Å². The van der Waals surface area contributed by atoms with Crippen molar-refractivity contribution in [3.63, 3.8) is 0 Å². The van der Waals surface area contributed by atoms with Crippen molar-refractivity contribution in [1.82, 2.24) is 0 Å². The molecule has 0 heterocycles. The summed E-state index contributed by atoms with van der Waals surface area (Å²) in [4.78, 5) is 0. The molecule has 1 rings (SSSR count). The Morgan fingerprint density at radius 3 is 2.56 bits per heavy atom. The molecule has 1 aromatic rings. The largest absolute Gasteiger partial charge is 0.330 e. The Labute approximate surface area is 103 Å². The highest BCUT2D eigenvalue weighted by atomic mass is 35.5. The summed E-state index contributed by atoms with van der Waals surface area (Å²) < 4.78 is 0. The fourth-order valence-corrected chi connectivity index (χ4v) is 1.59. The lowest BCUT2D eigenvalue weighted by molar-refractivity contribution is 0.590. The van der Waals surface area contributed by atoms with Crippen LogP contribution in [0.15, 0.2) is 24.3 Å². The number of hydrogen-bond donors (Lipinski definition) is 2. The predicted octanol–water partition coefficient (Wildman–Crippen LogP) is 2.11. The van der Waals surface area contributed by atoms with Crippen LogP contribution in [-0.2, 0) is 0 Å². The highest BCUT2D eigenvalue weighted by Crippen LogP contribution is 2.19. The van der Waals surface area contributed by atoms with Gasteiger partial charge in [0.05, 0.1) is 11.6 Å². The van der Waals surface area contributed by atoms with Crippen LogP contribution in [0.5, 0.6) is 0 Å². The fourth-order valence-electron chi connectivity index (χ4n) is 1.59. The first-order valence-corrected chi connectivity index (χ1v) is 5.24. The molecule has 0 aliphatic heterocycles. The van der Waals surface area contributed by atoms with Crippen molar-refractivity contribution in [1.29, 1.82) is 5.26 Å². The Morgan fingerprint density at radius 1 is 1.25 bits per heavy atom. The van der Waals surface area contributed by atoms with Crippen LogP contribution in [0.1, 0.15) is 36.4 Å².